The van der Waals surface area contributed by atoms with Gasteiger partial charge in [0.1, 0.15) is 5.60 Å². The third kappa shape index (κ3) is 1.67. The minimum atomic E-state index is -0.513. The van der Waals surface area contributed by atoms with Crippen molar-refractivity contribution in [2.45, 2.75) is 31.8 Å². The smallest absolute Gasteiger partial charge is 0.230 e. The molecule has 1 saturated carbocycles. The van der Waals surface area contributed by atoms with Crippen LogP contribution in [0.25, 0.3) is 0 Å². The highest BCUT2D eigenvalue weighted by atomic mass is 79.9. The van der Waals surface area contributed by atoms with Crippen molar-refractivity contribution in [3.8, 4) is 0 Å². The summed E-state index contributed by atoms with van der Waals surface area (Å²) in [5, 5.41) is 0. The maximum atomic E-state index is 13.4. The molecule has 1 aromatic rings. The SMILES string of the molecule is COC1(c2nc(C)c(Br)c(F)n2)CCC1. The van der Waals surface area contributed by atoms with Gasteiger partial charge in [-0.15, -0.1) is 0 Å². The van der Waals surface area contributed by atoms with Gasteiger partial charge in [-0.2, -0.15) is 4.39 Å². The van der Waals surface area contributed by atoms with Gasteiger partial charge in [-0.1, -0.05) is 0 Å². The molecule has 82 valence electrons. The second kappa shape index (κ2) is 3.79. The van der Waals surface area contributed by atoms with Gasteiger partial charge in [-0.05, 0) is 42.1 Å². The maximum Gasteiger partial charge on any atom is 0.230 e. The zero-order chi connectivity index (χ0) is 11.1. The predicted octanol–water partition coefficient (Wildman–Crippen LogP) is 2.71. The van der Waals surface area contributed by atoms with Crippen molar-refractivity contribution >= 4 is 15.9 Å². The first-order valence-corrected chi connectivity index (χ1v) is 5.63. The second-order valence-electron chi connectivity index (χ2n) is 3.79. The molecule has 0 N–H and O–H groups in total. The largest absolute Gasteiger partial charge is 0.370 e. The molecule has 0 amide bonds. The molecule has 0 aliphatic heterocycles. The summed E-state index contributed by atoms with van der Waals surface area (Å²) in [6.07, 6.45) is 2.81. The maximum absolute atomic E-state index is 13.4. The Kier molecular flexibility index (Phi) is 2.77. The predicted molar refractivity (Wildman–Crippen MR) is 57.0 cm³/mol. The molecule has 1 aliphatic carbocycles. The van der Waals surface area contributed by atoms with Gasteiger partial charge in [0.2, 0.25) is 5.95 Å². The van der Waals surface area contributed by atoms with E-state index in [-0.39, 0.29) is 0 Å². The lowest BCUT2D eigenvalue weighted by Crippen LogP contribution is -2.38. The van der Waals surface area contributed by atoms with Gasteiger partial charge in [0, 0.05) is 7.11 Å². The van der Waals surface area contributed by atoms with Crippen LogP contribution in [0.3, 0.4) is 0 Å². The Bertz CT molecular complexity index is 364. The summed E-state index contributed by atoms with van der Waals surface area (Å²) in [5.74, 6) is -0.0460. The number of ether oxygens (including phenoxy) is 1. The molecule has 0 spiro atoms. The van der Waals surface area contributed by atoms with Crippen molar-refractivity contribution in [3.63, 3.8) is 0 Å². The molecule has 1 aliphatic rings. The number of methoxy groups -OCH3 is 1. The summed E-state index contributed by atoms with van der Waals surface area (Å²) in [4.78, 5) is 8.12. The van der Waals surface area contributed by atoms with E-state index in [9.17, 15) is 4.39 Å². The third-order valence-electron chi connectivity index (χ3n) is 2.94. The highest BCUT2D eigenvalue weighted by molar-refractivity contribution is 9.10. The Morgan fingerprint density at radius 1 is 1.40 bits per heavy atom. The van der Waals surface area contributed by atoms with Crippen molar-refractivity contribution in [2.75, 3.05) is 7.11 Å². The Balaban J connectivity index is 2.45. The lowest BCUT2D eigenvalue weighted by atomic mass is 9.79. The first kappa shape index (κ1) is 11.0. The number of aryl methyl sites for hydroxylation is 1. The zero-order valence-electron chi connectivity index (χ0n) is 8.68. The Hall–Kier alpha value is -0.550. The molecule has 1 aromatic heterocycles. The van der Waals surface area contributed by atoms with E-state index in [1.165, 1.54) is 0 Å². The lowest BCUT2D eigenvalue weighted by Gasteiger charge is -2.38. The van der Waals surface area contributed by atoms with Crippen molar-refractivity contribution in [2.24, 2.45) is 0 Å². The van der Waals surface area contributed by atoms with E-state index < -0.39 is 11.5 Å². The fraction of sp³-hybridized carbons (Fsp3) is 0.600. The summed E-state index contributed by atoms with van der Waals surface area (Å²) in [5.41, 5.74) is 0.160. The molecule has 2 rings (SSSR count). The minimum absolute atomic E-state index is 0.330. The minimum Gasteiger partial charge on any atom is -0.370 e. The molecule has 15 heavy (non-hydrogen) atoms. The van der Waals surface area contributed by atoms with E-state index in [2.05, 4.69) is 25.9 Å². The fourth-order valence-corrected chi connectivity index (χ4v) is 1.92. The second-order valence-corrected chi connectivity index (χ2v) is 4.58. The number of nitrogens with zero attached hydrogens (tertiary/aromatic N) is 2. The van der Waals surface area contributed by atoms with Crippen molar-refractivity contribution < 1.29 is 9.13 Å². The average Bonchev–Trinajstić information content (AvgIpc) is 2.13. The van der Waals surface area contributed by atoms with Crippen LogP contribution < -0.4 is 0 Å². The average molecular weight is 275 g/mol. The van der Waals surface area contributed by atoms with Crippen molar-refractivity contribution in [1.29, 1.82) is 0 Å². The van der Waals surface area contributed by atoms with Crippen LogP contribution in [0.2, 0.25) is 0 Å². The first-order valence-electron chi connectivity index (χ1n) is 4.84. The highest BCUT2D eigenvalue weighted by Gasteiger charge is 2.42. The topological polar surface area (TPSA) is 35.0 Å². The number of hydrogen-bond acceptors (Lipinski definition) is 3. The van der Waals surface area contributed by atoms with Gasteiger partial charge < -0.3 is 4.74 Å². The molecule has 3 nitrogen and oxygen atoms in total. The van der Waals surface area contributed by atoms with Crippen LogP contribution in [0.1, 0.15) is 30.8 Å². The fourth-order valence-electron chi connectivity index (χ4n) is 1.74. The number of rotatable bonds is 2. The van der Waals surface area contributed by atoms with Crippen LogP contribution in [-0.2, 0) is 10.3 Å². The molecule has 1 fully saturated rings. The Morgan fingerprint density at radius 2 is 2.07 bits per heavy atom. The van der Waals surface area contributed by atoms with Crippen LogP contribution in [0.5, 0.6) is 0 Å². The van der Waals surface area contributed by atoms with Crippen molar-refractivity contribution in [3.05, 3.63) is 21.9 Å². The van der Waals surface area contributed by atoms with Gasteiger partial charge >= 0.3 is 0 Å². The monoisotopic (exact) mass is 274 g/mol. The molecule has 0 bridgehead atoms. The molecule has 5 heteroatoms. The molecule has 0 unspecified atom stereocenters. The quantitative estimate of drug-likeness (QED) is 0.778. The Labute approximate surface area is 96.2 Å². The van der Waals surface area contributed by atoms with Gasteiger partial charge in [0.15, 0.2) is 5.82 Å². The third-order valence-corrected chi connectivity index (χ3v) is 3.84. The van der Waals surface area contributed by atoms with E-state index in [0.717, 1.165) is 19.3 Å². The normalized spacial score (nSPS) is 18.7. The molecule has 0 radical (unpaired) electrons. The van der Waals surface area contributed by atoms with E-state index >= 15 is 0 Å². The summed E-state index contributed by atoms with van der Waals surface area (Å²) in [6.45, 7) is 1.75. The van der Waals surface area contributed by atoms with E-state index in [1.54, 1.807) is 14.0 Å². The van der Waals surface area contributed by atoms with Crippen molar-refractivity contribution in [1.82, 2.24) is 9.97 Å². The summed E-state index contributed by atoms with van der Waals surface area (Å²) in [6, 6.07) is 0. The standard InChI is InChI=1S/C10H12BrFN2O/c1-6-7(11)8(12)14-9(13-6)10(15-2)4-3-5-10/h3-5H2,1-2H3. The van der Waals surface area contributed by atoms with E-state index in [4.69, 9.17) is 4.74 Å². The van der Waals surface area contributed by atoms with Gasteiger partial charge in [-0.25, -0.2) is 9.97 Å². The number of halogens is 2. The van der Waals surface area contributed by atoms with Crippen LogP contribution in [0.4, 0.5) is 4.39 Å². The highest BCUT2D eigenvalue weighted by Crippen LogP contribution is 2.42. The Morgan fingerprint density at radius 3 is 2.47 bits per heavy atom. The summed E-state index contributed by atoms with van der Waals surface area (Å²) < 4.78 is 19.1. The van der Waals surface area contributed by atoms with E-state index in [0.29, 0.717) is 16.0 Å². The molecule has 1 heterocycles. The van der Waals surface area contributed by atoms with Gasteiger partial charge in [0.25, 0.3) is 0 Å². The molecule has 0 atom stereocenters. The lowest BCUT2D eigenvalue weighted by molar-refractivity contribution is -0.0853. The van der Waals surface area contributed by atoms with E-state index in [1.807, 2.05) is 0 Å². The molecular formula is C10H12BrFN2O. The first-order chi connectivity index (χ1) is 7.09. The summed E-state index contributed by atoms with van der Waals surface area (Å²) in [7, 11) is 1.62. The van der Waals surface area contributed by atoms with Crippen LogP contribution in [0, 0.1) is 12.9 Å². The molecule has 0 saturated heterocycles. The summed E-state index contributed by atoms with van der Waals surface area (Å²) >= 11 is 3.10. The molecule has 0 aromatic carbocycles. The molecular weight excluding hydrogens is 263 g/mol. The van der Waals surface area contributed by atoms with Gasteiger partial charge in [-0.3, -0.25) is 0 Å². The van der Waals surface area contributed by atoms with Crippen LogP contribution in [0.15, 0.2) is 4.47 Å². The number of aromatic nitrogens is 2. The zero-order valence-corrected chi connectivity index (χ0v) is 10.3. The van der Waals surface area contributed by atoms with Crippen LogP contribution >= 0.6 is 15.9 Å². The number of hydrogen-bond donors (Lipinski definition) is 0. The van der Waals surface area contributed by atoms with Crippen LogP contribution in [-0.4, -0.2) is 17.1 Å². The van der Waals surface area contributed by atoms with Gasteiger partial charge in [0.05, 0.1) is 10.2 Å².